The molecule has 1 aliphatic heterocycles. The molecule has 0 saturated carbocycles. The Labute approximate surface area is 152 Å². The average molecular weight is 363 g/mol. The number of H-pyrrole nitrogens is 1. The van der Waals surface area contributed by atoms with E-state index in [1.807, 2.05) is 29.2 Å². The first-order chi connectivity index (χ1) is 12.2. The summed E-state index contributed by atoms with van der Waals surface area (Å²) in [5.41, 5.74) is 7.64. The summed E-state index contributed by atoms with van der Waals surface area (Å²) in [5.74, 6) is -0.0203. The van der Waals surface area contributed by atoms with E-state index in [4.69, 9.17) is 22.1 Å². The predicted molar refractivity (Wildman–Crippen MR) is 97.6 cm³/mol. The van der Waals surface area contributed by atoms with Crippen molar-refractivity contribution in [2.75, 3.05) is 26.2 Å². The van der Waals surface area contributed by atoms with E-state index in [1.54, 1.807) is 6.07 Å². The van der Waals surface area contributed by atoms with Crippen LogP contribution < -0.4 is 5.73 Å². The van der Waals surface area contributed by atoms with E-state index >= 15 is 0 Å². The van der Waals surface area contributed by atoms with Gasteiger partial charge in [0.2, 0.25) is 0 Å². The maximum Gasteiger partial charge on any atom is 0.271 e. The lowest BCUT2D eigenvalue weighted by Crippen LogP contribution is -2.41. The minimum absolute atomic E-state index is 0.0203. The molecular formula is C18H23ClN4O2. The Bertz CT molecular complexity index is 693. The highest BCUT2D eigenvalue weighted by atomic mass is 35.5. The Morgan fingerprint density at radius 3 is 2.72 bits per heavy atom. The van der Waals surface area contributed by atoms with Gasteiger partial charge in [0.1, 0.15) is 5.69 Å². The van der Waals surface area contributed by atoms with Crippen molar-refractivity contribution >= 4 is 17.5 Å². The van der Waals surface area contributed by atoms with Crippen LogP contribution in [0.25, 0.3) is 11.3 Å². The maximum absolute atomic E-state index is 12.6. The number of hydrogen-bond acceptors (Lipinski definition) is 4. The lowest BCUT2D eigenvalue weighted by molar-refractivity contribution is 0.00829. The average Bonchev–Trinajstić information content (AvgIpc) is 3.13. The number of benzene rings is 1. The zero-order chi connectivity index (χ0) is 17.6. The fraction of sp³-hybridized carbons (Fsp3) is 0.444. The van der Waals surface area contributed by atoms with E-state index < -0.39 is 0 Å². The van der Waals surface area contributed by atoms with Crippen molar-refractivity contribution in [3.8, 4) is 11.3 Å². The van der Waals surface area contributed by atoms with Crippen molar-refractivity contribution in [3.05, 3.63) is 41.0 Å². The molecule has 2 heterocycles. The standard InChI is InChI=1S/C18H23ClN4O2/c19-14-4-2-13(3-5-14)16-12-17(22-21-16)18(24)23-9-6-15(7-10-23)25-11-1-8-20/h2-5,12,15H,1,6-11,20H2,(H,21,22). The number of aromatic amines is 1. The van der Waals surface area contributed by atoms with Gasteiger partial charge in [-0.15, -0.1) is 0 Å². The van der Waals surface area contributed by atoms with Gasteiger partial charge in [-0.25, -0.2) is 0 Å². The highest BCUT2D eigenvalue weighted by Gasteiger charge is 2.25. The molecule has 2 aromatic rings. The highest BCUT2D eigenvalue weighted by molar-refractivity contribution is 6.30. The quantitative estimate of drug-likeness (QED) is 0.774. The molecule has 1 saturated heterocycles. The van der Waals surface area contributed by atoms with E-state index in [0.717, 1.165) is 30.5 Å². The second kappa shape index (κ2) is 8.47. The van der Waals surface area contributed by atoms with Gasteiger partial charge in [0, 0.05) is 30.3 Å². The Kier molecular flexibility index (Phi) is 6.07. The number of likely N-dealkylation sites (tertiary alicyclic amines) is 1. The molecule has 1 aliphatic rings. The van der Waals surface area contributed by atoms with Crippen molar-refractivity contribution < 1.29 is 9.53 Å². The van der Waals surface area contributed by atoms with Crippen LogP contribution in [0.15, 0.2) is 30.3 Å². The first-order valence-corrected chi connectivity index (χ1v) is 8.97. The lowest BCUT2D eigenvalue weighted by Gasteiger charge is -2.31. The van der Waals surface area contributed by atoms with Crippen LogP contribution in [0.2, 0.25) is 5.02 Å². The molecule has 0 unspecified atom stereocenters. The Morgan fingerprint density at radius 1 is 1.32 bits per heavy atom. The van der Waals surface area contributed by atoms with E-state index in [-0.39, 0.29) is 12.0 Å². The summed E-state index contributed by atoms with van der Waals surface area (Å²) in [6, 6.07) is 9.17. The number of hydrogen-bond donors (Lipinski definition) is 2. The molecule has 7 heteroatoms. The predicted octanol–water partition coefficient (Wildman–Crippen LogP) is 2.70. The molecule has 0 radical (unpaired) electrons. The van der Waals surface area contributed by atoms with Crippen LogP contribution in [-0.2, 0) is 4.74 Å². The zero-order valence-corrected chi connectivity index (χ0v) is 14.8. The fourth-order valence-electron chi connectivity index (χ4n) is 2.93. The highest BCUT2D eigenvalue weighted by Crippen LogP contribution is 2.22. The van der Waals surface area contributed by atoms with Crippen molar-refractivity contribution in [1.82, 2.24) is 15.1 Å². The summed E-state index contributed by atoms with van der Waals surface area (Å²) in [5, 5.41) is 7.77. The van der Waals surface area contributed by atoms with Crippen LogP contribution in [-0.4, -0.2) is 53.3 Å². The lowest BCUT2D eigenvalue weighted by atomic mass is 10.1. The first-order valence-electron chi connectivity index (χ1n) is 8.59. The minimum atomic E-state index is -0.0203. The minimum Gasteiger partial charge on any atom is -0.378 e. The number of ether oxygens (including phenoxy) is 1. The summed E-state index contributed by atoms with van der Waals surface area (Å²) in [6.45, 7) is 2.73. The maximum atomic E-state index is 12.6. The molecule has 1 amide bonds. The van der Waals surface area contributed by atoms with Crippen LogP contribution >= 0.6 is 11.6 Å². The first kappa shape index (κ1) is 17.9. The van der Waals surface area contributed by atoms with Crippen molar-refractivity contribution in [2.45, 2.75) is 25.4 Å². The number of halogens is 1. The third kappa shape index (κ3) is 4.60. The van der Waals surface area contributed by atoms with Gasteiger partial charge >= 0.3 is 0 Å². The number of carbonyl (C=O) groups excluding carboxylic acids is 1. The van der Waals surface area contributed by atoms with Gasteiger partial charge in [-0.1, -0.05) is 23.7 Å². The summed E-state index contributed by atoms with van der Waals surface area (Å²) >= 11 is 5.90. The molecule has 3 N–H and O–H groups in total. The van der Waals surface area contributed by atoms with Gasteiger partial charge in [-0.3, -0.25) is 9.89 Å². The number of nitrogens with one attached hydrogen (secondary N) is 1. The topological polar surface area (TPSA) is 84.2 Å². The second-order valence-electron chi connectivity index (χ2n) is 6.18. The van der Waals surface area contributed by atoms with E-state index in [1.165, 1.54) is 0 Å². The number of carbonyl (C=O) groups is 1. The summed E-state index contributed by atoms with van der Waals surface area (Å²) in [7, 11) is 0. The monoisotopic (exact) mass is 362 g/mol. The van der Waals surface area contributed by atoms with Crippen molar-refractivity contribution in [2.24, 2.45) is 5.73 Å². The van der Waals surface area contributed by atoms with Crippen LogP contribution in [0.1, 0.15) is 29.8 Å². The normalized spacial score (nSPS) is 15.5. The molecule has 1 aromatic carbocycles. The molecule has 0 aliphatic carbocycles. The number of nitrogens with two attached hydrogens (primary N) is 1. The summed E-state index contributed by atoms with van der Waals surface area (Å²) in [4.78, 5) is 14.5. The third-order valence-corrected chi connectivity index (χ3v) is 4.63. The molecule has 0 bridgehead atoms. The molecule has 1 fully saturated rings. The smallest absolute Gasteiger partial charge is 0.271 e. The van der Waals surface area contributed by atoms with Crippen LogP contribution in [0, 0.1) is 0 Å². The summed E-state index contributed by atoms with van der Waals surface area (Å²) in [6.07, 6.45) is 2.81. The van der Waals surface area contributed by atoms with Gasteiger partial charge in [-0.05, 0) is 44.0 Å². The van der Waals surface area contributed by atoms with Gasteiger partial charge in [0.25, 0.3) is 5.91 Å². The third-order valence-electron chi connectivity index (χ3n) is 4.38. The number of amides is 1. The number of piperidine rings is 1. The van der Waals surface area contributed by atoms with Crippen LogP contribution in [0.3, 0.4) is 0 Å². The molecule has 0 spiro atoms. The van der Waals surface area contributed by atoms with Gasteiger partial charge in [0.15, 0.2) is 0 Å². The van der Waals surface area contributed by atoms with Crippen LogP contribution in [0.5, 0.6) is 0 Å². The van der Waals surface area contributed by atoms with E-state index in [9.17, 15) is 4.79 Å². The van der Waals surface area contributed by atoms with Gasteiger partial charge in [-0.2, -0.15) is 5.10 Å². The molecule has 3 rings (SSSR count). The van der Waals surface area contributed by atoms with E-state index in [0.29, 0.717) is 37.0 Å². The number of aromatic nitrogens is 2. The SMILES string of the molecule is NCCCOC1CCN(C(=O)c2cc(-c3ccc(Cl)cc3)n[nH]2)CC1. The largest absolute Gasteiger partial charge is 0.378 e. The molecule has 1 aromatic heterocycles. The Morgan fingerprint density at radius 2 is 2.04 bits per heavy atom. The molecular weight excluding hydrogens is 340 g/mol. The van der Waals surface area contributed by atoms with Gasteiger partial charge < -0.3 is 15.4 Å². The molecule has 6 nitrogen and oxygen atoms in total. The van der Waals surface area contributed by atoms with Crippen molar-refractivity contribution in [1.29, 1.82) is 0 Å². The van der Waals surface area contributed by atoms with Crippen LogP contribution in [0.4, 0.5) is 0 Å². The molecule has 25 heavy (non-hydrogen) atoms. The fourth-order valence-corrected chi connectivity index (χ4v) is 3.06. The Hall–Kier alpha value is -1.89. The number of rotatable bonds is 6. The van der Waals surface area contributed by atoms with E-state index in [2.05, 4.69) is 10.2 Å². The second-order valence-corrected chi connectivity index (χ2v) is 6.61. The molecule has 0 atom stereocenters. The number of nitrogens with zero attached hydrogens (tertiary/aromatic N) is 2. The Balaban J connectivity index is 1.56. The zero-order valence-electron chi connectivity index (χ0n) is 14.1. The molecule has 134 valence electrons. The summed E-state index contributed by atoms with van der Waals surface area (Å²) < 4.78 is 5.78. The van der Waals surface area contributed by atoms with Gasteiger partial charge in [0.05, 0.1) is 11.8 Å². The van der Waals surface area contributed by atoms with Crippen molar-refractivity contribution in [3.63, 3.8) is 0 Å².